The molecule has 0 aliphatic heterocycles. The molecule has 1 nitrogen and oxygen atoms in total. The molecule has 0 aromatic rings. The largest absolute Gasteiger partial charge is 0.143 e. The van der Waals surface area contributed by atoms with Crippen molar-refractivity contribution in [3.8, 4) is 0 Å². The van der Waals surface area contributed by atoms with Gasteiger partial charge in [0, 0.05) is 13.1 Å². The van der Waals surface area contributed by atoms with Gasteiger partial charge in [-0.1, -0.05) is 25.8 Å². The van der Waals surface area contributed by atoms with E-state index in [1.54, 1.807) is 6.08 Å². The van der Waals surface area contributed by atoms with E-state index in [4.69, 9.17) is 0 Å². The highest BCUT2D eigenvalue weighted by molar-refractivity contribution is 4.68. The number of hydrogen-bond acceptors (Lipinski definition) is 1. The molecule has 0 aromatic carbocycles. The summed E-state index contributed by atoms with van der Waals surface area (Å²) in [7, 11) is 0. The predicted octanol–water partition coefficient (Wildman–Crippen LogP) is 2.55. The molecule has 0 fully saturated rings. The fraction of sp³-hybridized carbons (Fsp3) is 0.750. The molecule has 0 aromatic heterocycles. The van der Waals surface area contributed by atoms with Gasteiger partial charge >= 0.3 is 0 Å². The summed E-state index contributed by atoms with van der Waals surface area (Å²) >= 11 is 0. The monoisotopic (exact) mass is 145 g/mol. The maximum Gasteiger partial charge on any atom is 0.0468 e. The fourth-order valence-corrected chi connectivity index (χ4v) is 0.765. The first-order valence-electron chi connectivity index (χ1n) is 3.83. The van der Waals surface area contributed by atoms with Crippen LogP contribution in [0.25, 0.3) is 0 Å². The molecule has 0 spiro atoms. The van der Waals surface area contributed by atoms with Gasteiger partial charge in [-0.25, -0.2) is 0 Å². The van der Waals surface area contributed by atoms with Crippen molar-refractivity contribution in [3.05, 3.63) is 12.7 Å². The first-order valence-corrected chi connectivity index (χ1v) is 3.83. The Labute approximate surface area is 62.5 Å². The zero-order valence-electron chi connectivity index (χ0n) is 6.65. The Hall–Kier alpha value is -0.370. The molecule has 0 heterocycles. The minimum Gasteiger partial charge on any atom is -0.143 e. The second kappa shape index (κ2) is 6.75. The average molecular weight is 145 g/mol. The molecular weight excluding hydrogens is 129 g/mol. The van der Waals surface area contributed by atoms with E-state index in [9.17, 15) is 4.48 Å². The number of hydrogen-bond donors (Lipinski definition) is 0. The molecule has 0 aliphatic carbocycles. The summed E-state index contributed by atoms with van der Waals surface area (Å²) in [5.74, 6) is 0. The summed E-state index contributed by atoms with van der Waals surface area (Å²) in [5, 5.41) is 0.794. The van der Waals surface area contributed by atoms with E-state index in [1.807, 2.05) is 0 Å². The van der Waals surface area contributed by atoms with Crippen LogP contribution in [0.4, 0.5) is 4.48 Å². The Bertz CT molecular complexity index is 83.3. The van der Waals surface area contributed by atoms with Crippen LogP contribution in [0.15, 0.2) is 12.7 Å². The van der Waals surface area contributed by atoms with E-state index in [2.05, 4.69) is 13.5 Å². The normalized spacial score (nSPS) is 10.3. The Morgan fingerprint density at radius 3 is 2.70 bits per heavy atom. The van der Waals surface area contributed by atoms with Crippen molar-refractivity contribution in [1.82, 2.24) is 5.12 Å². The van der Waals surface area contributed by atoms with Crippen molar-refractivity contribution in [2.24, 2.45) is 0 Å². The quantitative estimate of drug-likeness (QED) is 0.315. The lowest BCUT2D eigenvalue weighted by Gasteiger charge is -2.07. The molecule has 10 heavy (non-hydrogen) atoms. The van der Waals surface area contributed by atoms with E-state index in [0.717, 1.165) is 24.4 Å². The van der Waals surface area contributed by atoms with Crippen molar-refractivity contribution in [1.29, 1.82) is 0 Å². The first-order chi connectivity index (χ1) is 4.81. The second-order valence-electron chi connectivity index (χ2n) is 2.36. The molecule has 0 saturated carbocycles. The molecule has 0 atom stereocenters. The highest BCUT2D eigenvalue weighted by atomic mass is 19.2. The van der Waals surface area contributed by atoms with E-state index in [1.165, 1.54) is 0 Å². The topological polar surface area (TPSA) is 3.24 Å². The predicted molar refractivity (Wildman–Crippen MR) is 42.4 cm³/mol. The summed E-state index contributed by atoms with van der Waals surface area (Å²) in [4.78, 5) is 0. The zero-order chi connectivity index (χ0) is 7.82. The minimum absolute atomic E-state index is 0.351. The number of halogens is 1. The molecular formula is C8H16FN. The van der Waals surface area contributed by atoms with Gasteiger partial charge in [0.2, 0.25) is 0 Å². The van der Waals surface area contributed by atoms with Crippen LogP contribution in [0.2, 0.25) is 0 Å². The lowest BCUT2D eigenvalue weighted by molar-refractivity contribution is 0.0383. The molecule has 0 saturated heterocycles. The molecule has 60 valence electrons. The maximum absolute atomic E-state index is 12.5. The second-order valence-corrected chi connectivity index (χ2v) is 2.36. The molecule has 0 N–H and O–H groups in total. The van der Waals surface area contributed by atoms with Gasteiger partial charge in [0.25, 0.3) is 0 Å². The number of nitrogens with zero attached hydrogens (tertiary/aromatic N) is 1. The lowest BCUT2D eigenvalue weighted by atomic mass is 10.2. The number of unbranched alkanes of at least 4 members (excludes halogenated alkanes) is 2. The van der Waals surface area contributed by atoms with Crippen molar-refractivity contribution in [2.75, 3.05) is 13.1 Å². The van der Waals surface area contributed by atoms with Gasteiger partial charge < -0.3 is 0 Å². The van der Waals surface area contributed by atoms with E-state index in [-0.39, 0.29) is 0 Å². The molecule has 0 radical (unpaired) electrons. The van der Waals surface area contributed by atoms with Crippen LogP contribution in [-0.2, 0) is 0 Å². The molecule has 0 aliphatic rings. The smallest absolute Gasteiger partial charge is 0.0468 e. The highest BCUT2D eigenvalue weighted by Gasteiger charge is 1.96. The Morgan fingerprint density at radius 1 is 1.50 bits per heavy atom. The van der Waals surface area contributed by atoms with E-state index in [0.29, 0.717) is 13.1 Å². The third-order valence-electron chi connectivity index (χ3n) is 1.33. The van der Waals surface area contributed by atoms with Crippen LogP contribution in [0, 0.1) is 0 Å². The van der Waals surface area contributed by atoms with Crippen molar-refractivity contribution < 1.29 is 4.48 Å². The van der Waals surface area contributed by atoms with Gasteiger partial charge in [-0.15, -0.1) is 16.2 Å². The van der Waals surface area contributed by atoms with E-state index < -0.39 is 0 Å². The lowest BCUT2D eigenvalue weighted by Crippen LogP contribution is -2.14. The molecule has 0 rings (SSSR count). The van der Waals surface area contributed by atoms with Gasteiger partial charge in [-0.05, 0) is 6.42 Å². The van der Waals surface area contributed by atoms with Gasteiger partial charge in [0.05, 0.1) is 0 Å². The Morgan fingerprint density at radius 2 is 2.20 bits per heavy atom. The van der Waals surface area contributed by atoms with Crippen molar-refractivity contribution in [3.63, 3.8) is 0 Å². The first kappa shape index (κ1) is 9.63. The molecule has 2 heteroatoms. The summed E-state index contributed by atoms with van der Waals surface area (Å²) in [6, 6.07) is 0. The Balaban J connectivity index is 3.04. The van der Waals surface area contributed by atoms with Gasteiger partial charge in [-0.2, -0.15) is 0 Å². The third-order valence-corrected chi connectivity index (χ3v) is 1.33. The standard InChI is InChI=1S/C8H16FN/c1-3-5-6-8-10(9)7-4-2/h4H,2-3,5-8H2,1H3. The van der Waals surface area contributed by atoms with E-state index >= 15 is 0 Å². The van der Waals surface area contributed by atoms with Crippen molar-refractivity contribution in [2.45, 2.75) is 26.2 Å². The highest BCUT2D eigenvalue weighted by Crippen LogP contribution is 1.97. The summed E-state index contributed by atoms with van der Waals surface area (Å²) in [6.07, 6.45) is 4.77. The van der Waals surface area contributed by atoms with Gasteiger partial charge in [-0.3, -0.25) is 0 Å². The van der Waals surface area contributed by atoms with Crippen LogP contribution in [0.3, 0.4) is 0 Å². The maximum atomic E-state index is 12.5. The van der Waals surface area contributed by atoms with Crippen LogP contribution >= 0.6 is 0 Å². The van der Waals surface area contributed by atoms with Crippen LogP contribution < -0.4 is 0 Å². The minimum atomic E-state index is 0.351. The molecule has 0 bridgehead atoms. The summed E-state index contributed by atoms with van der Waals surface area (Å²) in [6.45, 7) is 6.45. The van der Waals surface area contributed by atoms with Crippen LogP contribution in [0.5, 0.6) is 0 Å². The fourth-order valence-electron chi connectivity index (χ4n) is 0.765. The number of rotatable bonds is 6. The summed E-state index contributed by atoms with van der Waals surface area (Å²) < 4.78 is 12.5. The molecule has 0 amide bonds. The average Bonchev–Trinajstić information content (AvgIpc) is 1.89. The molecule has 0 unspecified atom stereocenters. The van der Waals surface area contributed by atoms with Crippen molar-refractivity contribution >= 4 is 0 Å². The summed E-state index contributed by atoms with van der Waals surface area (Å²) in [5.41, 5.74) is 0. The Kier molecular flexibility index (Phi) is 6.50. The van der Waals surface area contributed by atoms with Crippen LogP contribution in [-0.4, -0.2) is 18.2 Å². The SMILES string of the molecule is C=CCN(F)CCCCC. The zero-order valence-corrected chi connectivity index (χ0v) is 6.65. The van der Waals surface area contributed by atoms with Gasteiger partial charge in [0.1, 0.15) is 0 Å². The van der Waals surface area contributed by atoms with Gasteiger partial charge in [0.15, 0.2) is 0 Å². The van der Waals surface area contributed by atoms with Crippen LogP contribution in [0.1, 0.15) is 26.2 Å². The third kappa shape index (κ3) is 5.76.